The van der Waals surface area contributed by atoms with Gasteiger partial charge in [0.25, 0.3) is 0 Å². The van der Waals surface area contributed by atoms with Crippen molar-refractivity contribution in [3.63, 3.8) is 0 Å². The summed E-state index contributed by atoms with van der Waals surface area (Å²) in [7, 11) is -3.36. The van der Waals surface area contributed by atoms with Gasteiger partial charge in [-0.1, -0.05) is 0 Å². The van der Waals surface area contributed by atoms with Crippen molar-refractivity contribution in [1.82, 2.24) is 10.2 Å². The van der Waals surface area contributed by atoms with E-state index in [0.29, 0.717) is 13.1 Å². The van der Waals surface area contributed by atoms with E-state index in [1.807, 2.05) is 0 Å². The van der Waals surface area contributed by atoms with Gasteiger partial charge in [0, 0.05) is 26.2 Å². The number of nitrogens with one attached hydrogen (secondary N) is 1. The summed E-state index contributed by atoms with van der Waals surface area (Å²) < 4.78 is 22.8. The number of carbonyl (C=O) groups excluding carboxylic acids is 1. The first-order chi connectivity index (χ1) is 7.24. The molecule has 0 radical (unpaired) electrons. The summed E-state index contributed by atoms with van der Waals surface area (Å²) in [4.78, 5) is 13.4. The third kappa shape index (κ3) is 3.18. The van der Waals surface area contributed by atoms with Crippen LogP contribution < -0.4 is 5.32 Å². The second kappa shape index (κ2) is 4.71. The number of hydrogen-bond acceptors (Lipinski definition) is 4. The smallest absolute Gasteiger partial charge is 0.237 e. The molecule has 0 aromatic rings. The first-order valence-corrected chi connectivity index (χ1v) is 7.10. The monoisotopic (exact) mass is 248 g/mol. The average Bonchev–Trinajstić information content (AvgIpc) is 2.16. The van der Waals surface area contributed by atoms with Crippen LogP contribution in [0.3, 0.4) is 0 Å². The Bertz CT molecular complexity index is 351. The lowest BCUT2D eigenvalue weighted by Crippen LogP contribution is -2.49. The highest BCUT2D eigenvalue weighted by Gasteiger charge is 2.33. The number of amides is 1. The highest BCUT2D eigenvalue weighted by molar-refractivity contribution is 7.93. The molecule has 16 heavy (non-hydrogen) atoms. The summed E-state index contributed by atoms with van der Waals surface area (Å²) in [6.45, 7) is 7.52. The minimum absolute atomic E-state index is 0.281. The number of rotatable bonds is 2. The minimum atomic E-state index is -3.36. The number of piperazine rings is 1. The molecule has 0 spiro atoms. The van der Waals surface area contributed by atoms with Crippen molar-refractivity contribution >= 4 is 15.7 Å². The minimum Gasteiger partial charge on any atom is -0.339 e. The second-order valence-corrected chi connectivity index (χ2v) is 7.75. The van der Waals surface area contributed by atoms with Gasteiger partial charge >= 0.3 is 0 Å². The number of carbonyl (C=O) groups is 1. The zero-order valence-electron chi connectivity index (χ0n) is 10.1. The number of nitrogens with zero attached hydrogens (tertiary/aromatic N) is 1. The van der Waals surface area contributed by atoms with Crippen molar-refractivity contribution in [2.45, 2.75) is 25.5 Å². The molecule has 5 nitrogen and oxygen atoms in total. The molecule has 1 rings (SSSR count). The molecular formula is C10H20N2O3S. The van der Waals surface area contributed by atoms with E-state index >= 15 is 0 Å². The van der Waals surface area contributed by atoms with Gasteiger partial charge in [0.2, 0.25) is 5.91 Å². The molecule has 0 bridgehead atoms. The fraction of sp³-hybridized carbons (Fsp3) is 0.900. The molecule has 0 saturated carbocycles. The first-order valence-electron chi connectivity index (χ1n) is 5.45. The molecule has 6 heteroatoms. The molecular weight excluding hydrogens is 228 g/mol. The maximum absolute atomic E-state index is 11.8. The molecule has 1 N–H and O–H groups in total. The normalized spacial score (nSPS) is 18.6. The Morgan fingerprint density at radius 3 is 2.19 bits per heavy atom. The largest absolute Gasteiger partial charge is 0.339 e. The van der Waals surface area contributed by atoms with Crippen LogP contribution in [0.15, 0.2) is 0 Å². The van der Waals surface area contributed by atoms with Crippen LogP contribution in [0, 0.1) is 0 Å². The van der Waals surface area contributed by atoms with Crippen LogP contribution in [-0.2, 0) is 14.6 Å². The maximum Gasteiger partial charge on any atom is 0.237 e. The maximum atomic E-state index is 11.8. The summed E-state index contributed by atoms with van der Waals surface area (Å²) in [6, 6.07) is 0. The van der Waals surface area contributed by atoms with Gasteiger partial charge in [-0.05, 0) is 20.8 Å². The molecule has 1 saturated heterocycles. The van der Waals surface area contributed by atoms with E-state index in [1.54, 1.807) is 25.7 Å². The highest BCUT2D eigenvalue weighted by atomic mass is 32.2. The van der Waals surface area contributed by atoms with E-state index < -0.39 is 14.6 Å². The Morgan fingerprint density at radius 1 is 1.25 bits per heavy atom. The fourth-order valence-corrected chi connectivity index (χ4v) is 2.33. The van der Waals surface area contributed by atoms with Crippen molar-refractivity contribution < 1.29 is 13.2 Å². The van der Waals surface area contributed by atoms with Gasteiger partial charge in [-0.25, -0.2) is 8.42 Å². The summed E-state index contributed by atoms with van der Waals surface area (Å²) in [5.74, 6) is -0.660. The lowest BCUT2D eigenvalue weighted by atomic mass is 10.3. The van der Waals surface area contributed by atoms with Gasteiger partial charge in [0.15, 0.2) is 9.84 Å². The topological polar surface area (TPSA) is 66.5 Å². The standard InChI is InChI=1S/C10H20N2O3S/c1-10(2,3)16(14,15)8-9(13)12-6-4-11-5-7-12/h11H,4-8H2,1-3H3. The molecule has 0 aliphatic carbocycles. The summed E-state index contributed by atoms with van der Waals surface area (Å²) in [6.07, 6.45) is 0. The van der Waals surface area contributed by atoms with Gasteiger partial charge in [0.05, 0.1) is 4.75 Å². The zero-order valence-corrected chi connectivity index (χ0v) is 10.9. The molecule has 1 amide bonds. The third-order valence-corrected chi connectivity index (χ3v) is 5.21. The van der Waals surface area contributed by atoms with E-state index in [0.717, 1.165) is 13.1 Å². The second-order valence-electron chi connectivity index (χ2n) is 5.00. The Morgan fingerprint density at radius 2 is 1.75 bits per heavy atom. The highest BCUT2D eigenvalue weighted by Crippen LogP contribution is 2.16. The quantitative estimate of drug-likeness (QED) is 0.724. The number of sulfone groups is 1. The van der Waals surface area contributed by atoms with Gasteiger partial charge in [-0.2, -0.15) is 0 Å². The van der Waals surface area contributed by atoms with Gasteiger partial charge in [-0.3, -0.25) is 4.79 Å². The Kier molecular flexibility index (Phi) is 3.96. The fourth-order valence-electron chi connectivity index (χ4n) is 1.38. The average molecular weight is 248 g/mol. The molecule has 0 aromatic carbocycles. The van der Waals surface area contributed by atoms with Crippen molar-refractivity contribution in [3.8, 4) is 0 Å². The van der Waals surface area contributed by atoms with Crippen LogP contribution in [0.4, 0.5) is 0 Å². The summed E-state index contributed by atoms with van der Waals surface area (Å²) in [5.41, 5.74) is 0. The van der Waals surface area contributed by atoms with Crippen molar-refractivity contribution in [1.29, 1.82) is 0 Å². The molecule has 0 unspecified atom stereocenters. The van der Waals surface area contributed by atoms with E-state index in [4.69, 9.17) is 0 Å². The third-order valence-electron chi connectivity index (χ3n) is 2.72. The van der Waals surface area contributed by atoms with Gasteiger partial charge in [-0.15, -0.1) is 0 Å². The first kappa shape index (κ1) is 13.4. The van der Waals surface area contributed by atoms with Gasteiger partial charge < -0.3 is 10.2 Å². The SMILES string of the molecule is CC(C)(C)S(=O)(=O)CC(=O)N1CCNCC1. The molecule has 1 aliphatic heterocycles. The predicted molar refractivity (Wildman–Crippen MR) is 63.0 cm³/mol. The Labute approximate surface area is 97.1 Å². The molecule has 94 valence electrons. The van der Waals surface area contributed by atoms with E-state index in [9.17, 15) is 13.2 Å². The Balaban J connectivity index is 2.64. The molecule has 1 heterocycles. The van der Waals surface area contributed by atoms with Crippen LogP contribution in [0.25, 0.3) is 0 Å². The van der Waals surface area contributed by atoms with E-state index in [2.05, 4.69) is 5.32 Å². The van der Waals surface area contributed by atoms with Crippen molar-refractivity contribution in [2.75, 3.05) is 31.9 Å². The Hall–Kier alpha value is -0.620. The van der Waals surface area contributed by atoms with E-state index in [-0.39, 0.29) is 11.7 Å². The van der Waals surface area contributed by atoms with Crippen LogP contribution >= 0.6 is 0 Å². The summed E-state index contributed by atoms with van der Waals surface area (Å²) in [5, 5.41) is 3.12. The van der Waals surface area contributed by atoms with E-state index in [1.165, 1.54) is 0 Å². The molecule has 0 atom stereocenters. The van der Waals surface area contributed by atoms with Crippen LogP contribution in [0.1, 0.15) is 20.8 Å². The predicted octanol–water partition coefficient (Wildman–Crippen LogP) is -0.368. The lowest BCUT2D eigenvalue weighted by molar-refractivity contribution is -0.129. The van der Waals surface area contributed by atoms with Crippen molar-refractivity contribution in [3.05, 3.63) is 0 Å². The number of hydrogen-bond donors (Lipinski definition) is 1. The van der Waals surface area contributed by atoms with Crippen LogP contribution in [0.5, 0.6) is 0 Å². The lowest BCUT2D eigenvalue weighted by Gasteiger charge is -2.28. The van der Waals surface area contributed by atoms with Crippen LogP contribution in [0.2, 0.25) is 0 Å². The van der Waals surface area contributed by atoms with Crippen LogP contribution in [-0.4, -0.2) is 55.9 Å². The molecule has 1 fully saturated rings. The zero-order chi connectivity index (χ0) is 12.4. The van der Waals surface area contributed by atoms with Gasteiger partial charge in [0.1, 0.15) is 5.75 Å². The summed E-state index contributed by atoms with van der Waals surface area (Å²) >= 11 is 0. The molecule has 0 aromatic heterocycles. The molecule has 1 aliphatic rings. The van der Waals surface area contributed by atoms with Crippen molar-refractivity contribution in [2.24, 2.45) is 0 Å².